The van der Waals surface area contributed by atoms with E-state index < -0.39 is 0 Å². The van der Waals surface area contributed by atoms with Crippen molar-refractivity contribution in [1.82, 2.24) is 0 Å². The lowest BCUT2D eigenvalue weighted by atomic mass is 10.2. The van der Waals surface area contributed by atoms with Crippen LogP contribution >= 0.6 is 0 Å². The molecule has 1 rings (SSSR count). The molecule has 0 saturated heterocycles. The van der Waals surface area contributed by atoms with Gasteiger partial charge in [0.2, 0.25) is 0 Å². The predicted octanol–water partition coefficient (Wildman–Crippen LogP) is 2.94. The molecule has 1 aromatic carbocycles. The maximum absolute atomic E-state index is 12.9. The summed E-state index contributed by atoms with van der Waals surface area (Å²) in [5.74, 6) is 0.320. The first-order valence-corrected chi connectivity index (χ1v) is 5.20. The molecule has 0 saturated carbocycles. The van der Waals surface area contributed by atoms with Crippen LogP contribution in [-0.4, -0.2) is 19.8 Å². The lowest BCUT2D eigenvalue weighted by Gasteiger charge is -2.09. The topological polar surface area (TPSA) is 18.5 Å². The Bertz CT molecular complexity index is 300. The summed E-state index contributed by atoms with van der Waals surface area (Å²) >= 11 is 0. The van der Waals surface area contributed by atoms with Crippen LogP contribution in [0.1, 0.15) is 18.9 Å². The van der Waals surface area contributed by atoms with Gasteiger partial charge in [0.1, 0.15) is 18.2 Å². The molecule has 0 spiro atoms. The number of rotatable bonds is 6. The van der Waals surface area contributed by atoms with Crippen LogP contribution < -0.4 is 4.74 Å². The second-order valence-electron chi connectivity index (χ2n) is 3.37. The Morgan fingerprint density at radius 1 is 1.20 bits per heavy atom. The Hall–Kier alpha value is -1.09. The zero-order valence-electron chi connectivity index (χ0n) is 9.25. The molecule has 0 N–H and O–H groups in total. The highest BCUT2D eigenvalue weighted by Crippen LogP contribution is 2.18. The minimum Gasteiger partial charge on any atom is -0.491 e. The SMILES string of the molecule is CCCOCCOc1cc(F)ccc1C. The van der Waals surface area contributed by atoms with E-state index in [1.807, 2.05) is 6.92 Å². The molecule has 0 aliphatic carbocycles. The third-order valence-corrected chi connectivity index (χ3v) is 1.98. The van der Waals surface area contributed by atoms with Gasteiger partial charge in [-0.3, -0.25) is 0 Å². The quantitative estimate of drug-likeness (QED) is 0.675. The van der Waals surface area contributed by atoms with Crippen LogP contribution in [0.4, 0.5) is 4.39 Å². The first-order chi connectivity index (χ1) is 7.24. The standard InChI is InChI=1S/C12H17FO2/c1-3-6-14-7-8-15-12-9-11(13)5-4-10(12)2/h4-5,9H,3,6-8H2,1-2H3. The summed E-state index contributed by atoms with van der Waals surface area (Å²) in [5.41, 5.74) is 0.937. The van der Waals surface area contributed by atoms with Gasteiger partial charge in [-0.15, -0.1) is 0 Å². The van der Waals surface area contributed by atoms with E-state index >= 15 is 0 Å². The van der Waals surface area contributed by atoms with E-state index in [9.17, 15) is 4.39 Å². The summed E-state index contributed by atoms with van der Waals surface area (Å²) in [4.78, 5) is 0. The van der Waals surface area contributed by atoms with Gasteiger partial charge in [0.05, 0.1) is 6.61 Å². The molecule has 0 unspecified atom stereocenters. The molecule has 0 radical (unpaired) electrons. The minimum atomic E-state index is -0.273. The normalized spacial score (nSPS) is 10.3. The number of hydrogen-bond acceptors (Lipinski definition) is 2. The number of hydrogen-bond donors (Lipinski definition) is 0. The molecular formula is C12H17FO2. The van der Waals surface area contributed by atoms with Crippen molar-refractivity contribution < 1.29 is 13.9 Å². The molecule has 84 valence electrons. The van der Waals surface area contributed by atoms with Crippen molar-refractivity contribution in [1.29, 1.82) is 0 Å². The molecule has 0 aliphatic rings. The van der Waals surface area contributed by atoms with Gasteiger partial charge >= 0.3 is 0 Å². The lowest BCUT2D eigenvalue weighted by molar-refractivity contribution is 0.100. The molecule has 0 aliphatic heterocycles. The predicted molar refractivity (Wildman–Crippen MR) is 57.7 cm³/mol. The minimum absolute atomic E-state index is 0.273. The van der Waals surface area contributed by atoms with Crippen LogP contribution in [-0.2, 0) is 4.74 Å². The van der Waals surface area contributed by atoms with Gasteiger partial charge in [-0.1, -0.05) is 13.0 Å². The largest absolute Gasteiger partial charge is 0.491 e. The van der Waals surface area contributed by atoms with E-state index in [0.29, 0.717) is 19.0 Å². The van der Waals surface area contributed by atoms with Crippen molar-refractivity contribution in [3.63, 3.8) is 0 Å². The molecule has 0 aromatic heterocycles. The van der Waals surface area contributed by atoms with E-state index in [1.165, 1.54) is 12.1 Å². The molecule has 0 fully saturated rings. The molecule has 0 amide bonds. The maximum Gasteiger partial charge on any atom is 0.126 e. The summed E-state index contributed by atoms with van der Waals surface area (Å²) < 4.78 is 23.5. The van der Waals surface area contributed by atoms with Crippen LogP contribution in [0.25, 0.3) is 0 Å². The van der Waals surface area contributed by atoms with Crippen molar-refractivity contribution in [3.05, 3.63) is 29.6 Å². The van der Waals surface area contributed by atoms with Crippen molar-refractivity contribution >= 4 is 0 Å². The van der Waals surface area contributed by atoms with Gasteiger partial charge in [0.15, 0.2) is 0 Å². The van der Waals surface area contributed by atoms with Gasteiger partial charge in [0.25, 0.3) is 0 Å². The molecule has 3 heteroatoms. The van der Waals surface area contributed by atoms with E-state index in [4.69, 9.17) is 9.47 Å². The van der Waals surface area contributed by atoms with Gasteiger partial charge < -0.3 is 9.47 Å². The first-order valence-electron chi connectivity index (χ1n) is 5.20. The van der Waals surface area contributed by atoms with Crippen molar-refractivity contribution in [2.24, 2.45) is 0 Å². The van der Waals surface area contributed by atoms with Gasteiger partial charge in [-0.25, -0.2) is 4.39 Å². The molecule has 0 atom stereocenters. The van der Waals surface area contributed by atoms with E-state index in [2.05, 4.69) is 6.92 Å². The Morgan fingerprint density at radius 2 is 2.00 bits per heavy atom. The second kappa shape index (κ2) is 6.40. The Morgan fingerprint density at radius 3 is 2.73 bits per heavy atom. The molecule has 15 heavy (non-hydrogen) atoms. The average molecular weight is 212 g/mol. The van der Waals surface area contributed by atoms with E-state index in [1.54, 1.807) is 6.07 Å². The van der Waals surface area contributed by atoms with E-state index in [-0.39, 0.29) is 5.82 Å². The average Bonchev–Trinajstić information content (AvgIpc) is 2.23. The van der Waals surface area contributed by atoms with Gasteiger partial charge in [-0.05, 0) is 25.0 Å². The Kier molecular flexibility index (Phi) is 5.12. The Balaban J connectivity index is 2.33. The van der Waals surface area contributed by atoms with Gasteiger partial charge in [-0.2, -0.15) is 0 Å². The van der Waals surface area contributed by atoms with Crippen molar-refractivity contribution in [2.75, 3.05) is 19.8 Å². The first kappa shape index (κ1) is 12.0. The van der Waals surface area contributed by atoms with Crippen LogP contribution in [0.2, 0.25) is 0 Å². The third kappa shape index (κ3) is 4.30. The molecule has 0 bridgehead atoms. The number of aryl methyl sites for hydroxylation is 1. The maximum atomic E-state index is 12.9. The molecule has 1 aromatic rings. The third-order valence-electron chi connectivity index (χ3n) is 1.98. The number of ether oxygens (including phenoxy) is 2. The fourth-order valence-corrected chi connectivity index (χ4v) is 1.19. The summed E-state index contributed by atoms with van der Waals surface area (Å²) in [6.07, 6.45) is 0.999. The summed E-state index contributed by atoms with van der Waals surface area (Å²) in [6, 6.07) is 4.53. The highest BCUT2D eigenvalue weighted by Gasteiger charge is 2.00. The monoisotopic (exact) mass is 212 g/mol. The lowest BCUT2D eigenvalue weighted by Crippen LogP contribution is -2.07. The summed E-state index contributed by atoms with van der Waals surface area (Å²) in [7, 11) is 0. The second-order valence-corrected chi connectivity index (χ2v) is 3.37. The van der Waals surface area contributed by atoms with Crippen LogP contribution in [0.3, 0.4) is 0 Å². The van der Waals surface area contributed by atoms with Crippen LogP contribution in [0.15, 0.2) is 18.2 Å². The number of benzene rings is 1. The summed E-state index contributed by atoms with van der Waals surface area (Å²) in [6.45, 7) is 5.69. The molecular weight excluding hydrogens is 195 g/mol. The smallest absolute Gasteiger partial charge is 0.126 e. The van der Waals surface area contributed by atoms with Crippen molar-refractivity contribution in [3.8, 4) is 5.75 Å². The van der Waals surface area contributed by atoms with Crippen molar-refractivity contribution in [2.45, 2.75) is 20.3 Å². The highest BCUT2D eigenvalue weighted by atomic mass is 19.1. The zero-order chi connectivity index (χ0) is 11.1. The van der Waals surface area contributed by atoms with E-state index in [0.717, 1.165) is 18.6 Å². The number of halogens is 1. The van der Waals surface area contributed by atoms with Gasteiger partial charge in [0, 0.05) is 12.7 Å². The zero-order valence-corrected chi connectivity index (χ0v) is 9.25. The van der Waals surface area contributed by atoms with Crippen LogP contribution in [0.5, 0.6) is 5.75 Å². The molecule has 2 nitrogen and oxygen atoms in total. The fourth-order valence-electron chi connectivity index (χ4n) is 1.19. The highest BCUT2D eigenvalue weighted by molar-refractivity contribution is 5.32. The fraction of sp³-hybridized carbons (Fsp3) is 0.500. The Labute approximate surface area is 90.0 Å². The summed E-state index contributed by atoms with van der Waals surface area (Å²) in [5, 5.41) is 0. The van der Waals surface area contributed by atoms with Crippen LogP contribution in [0, 0.1) is 12.7 Å². The molecule has 0 heterocycles.